The van der Waals surface area contributed by atoms with Gasteiger partial charge >= 0.3 is 0 Å². The molecule has 0 radical (unpaired) electrons. The summed E-state index contributed by atoms with van der Waals surface area (Å²) in [6.07, 6.45) is 0.771. The van der Waals surface area contributed by atoms with E-state index in [0.717, 1.165) is 17.5 Å². The smallest absolute Gasteiger partial charge is 0.211 e. The molecule has 0 spiro atoms. The van der Waals surface area contributed by atoms with E-state index in [9.17, 15) is 8.42 Å². The van der Waals surface area contributed by atoms with Gasteiger partial charge in [-0.3, -0.25) is 0 Å². The van der Waals surface area contributed by atoms with E-state index in [2.05, 4.69) is 4.72 Å². The van der Waals surface area contributed by atoms with Gasteiger partial charge in [-0.05, 0) is 18.1 Å². The molecule has 0 fully saturated rings. The van der Waals surface area contributed by atoms with Crippen LogP contribution in [0, 0.1) is 0 Å². The van der Waals surface area contributed by atoms with Crippen molar-refractivity contribution >= 4 is 10.0 Å². The molecule has 4 heteroatoms. The van der Waals surface area contributed by atoms with E-state index in [0.29, 0.717) is 11.4 Å². The second-order valence-corrected chi connectivity index (χ2v) is 6.00. The highest BCUT2D eigenvalue weighted by Crippen LogP contribution is 2.26. The molecule has 0 saturated heterocycles. The Balaban J connectivity index is 2.48. The molecule has 0 aromatic heterocycles. The van der Waals surface area contributed by atoms with E-state index in [1.807, 2.05) is 49.4 Å². The number of benzene rings is 2. The molecule has 0 atom stereocenters. The lowest BCUT2D eigenvalue weighted by atomic mass is 10.1. The van der Waals surface area contributed by atoms with E-state index in [4.69, 9.17) is 0 Å². The van der Waals surface area contributed by atoms with Crippen LogP contribution in [0.5, 0.6) is 0 Å². The van der Waals surface area contributed by atoms with Crippen molar-refractivity contribution < 1.29 is 8.42 Å². The van der Waals surface area contributed by atoms with Crippen LogP contribution in [0.15, 0.2) is 59.5 Å². The molecule has 0 aliphatic rings. The zero-order chi connectivity index (χ0) is 13.7. The largest absolute Gasteiger partial charge is 0.241 e. The maximum Gasteiger partial charge on any atom is 0.241 e. The summed E-state index contributed by atoms with van der Waals surface area (Å²) in [4.78, 5) is 0.328. The van der Waals surface area contributed by atoms with E-state index >= 15 is 0 Å². The molecule has 0 aliphatic carbocycles. The number of nitrogens with one attached hydrogen (secondary N) is 1. The lowest BCUT2D eigenvalue weighted by molar-refractivity contribution is 0.581. The van der Waals surface area contributed by atoms with Crippen molar-refractivity contribution in [3.05, 3.63) is 54.6 Å². The monoisotopic (exact) mass is 275 g/mol. The molecule has 2 aromatic carbocycles. The third-order valence-corrected chi connectivity index (χ3v) is 4.32. The van der Waals surface area contributed by atoms with Crippen molar-refractivity contribution in [1.82, 2.24) is 4.72 Å². The van der Waals surface area contributed by atoms with Gasteiger partial charge in [0.15, 0.2) is 0 Å². The highest BCUT2D eigenvalue weighted by molar-refractivity contribution is 7.89. The third-order valence-electron chi connectivity index (χ3n) is 2.80. The highest BCUT2D eigenvalue weighted by Gasteiger charge is 2.17. The minimum Gasteiger partial charge on any atom is -0.211 e. The van der Waals surface area contributed by atoms with Gasteiger partial charge in [0.2, 0.25) is 10.0 Å². The fourth-order valence-corrected chi connectivity index (χ4v) is 3.23. The predicted molar refractivity (Wildman–Crippen MR) is 77.4 cm³/mol. The van der Waals surface area contributed by atoms with Gasteiger partial charge in [-0.15, -0.1) is 0 Å². The molecular formula is C15H17NO2S. The number of sulfonamides is 1. The van der Waals surface area contributed by atoms with E-state index < -0.39 is 10.0 Å². The minimum absolute atomic E-state index is 0.328. The summed E-state index contributed by atoms with van der Waals surface area (Å²) < 4.78 is 27.2. The molecule has 0 aliphatic heterocycles. The molecule has 2 aromatic rings. The lowest BCUT2D eigenvalue weighted by Crippen LogP contribution is -2.24. The van der Waals surface area contributed by atoms with E-state index in [1.165, 1.54) is 0 Å². The lowest BCUT2D eigenvalue weighted by Gasteiger charge is -2.11. The Kier molecular flexibility index (Phi) is 4.35. The Labute approximate surface area is 114 Å². The summed E-state index contributed by atoms with van der Waals surface area (Å²) in [6.45, 7) is 2.39. The van der Waals surface area contributed by atoms with Crippen molar-refractivity contribution in [2.75, 3.05) is 6.54 Å². The molecule has 0 saturated carbocycles. The quantitative estimate of drug-likeness (QED) is 0.911. The first-order chi connectivity index (χ1) is 9.15. The second-order valence-electron chi connectivity index (χ2n) is 4.26. The molecule has 0 unspecified atom stereocenters. The number of hydrogen-bond acceptors (Lipinski definition) is 2. The first-order valence-electron chi connectivity index (χ1n) is 6.29. The van der Waals surface area contributed by atoms with Crippen LogP contribution in [0.25, 0.3) is 11.1 Å². The van der Waals surface area contributed by atoms with Crippen LogP contribution in [-0.2, 0) is 10.0 Å². The first-order valence-corrected chi connectivity index (χ1v) is 7.77. The maximum atomic E-state index is 12.3. The summed E-state index contributed by atoms with van der Waals surface area (Å²) >= 11 is 0. The molecule has 0 amide bonds. The zero-order valence-electron chi connectivity index (χ0n) is 10.8. The SMILES string of the molecule is CCCNS(=O)(=O)c1ccccc1-c1ccccc1. The van der Waals surface area contributed by atoms with Crippen LogP contribution in [0.3, 0.4) is 0 Å². The average molecular weight is 275 g/mol. The molecule has 19 heavy (non-hydrogen) atoms. The van der Waals surface area contributed by atoms with Crippen molar-refractivity contribution in [3.8, 4) is 11.1 Å². The van der Waals surface area contributed by atoms with Crippen LogP contribution in [0.4, 0.5) is 0 Å². The Morgan fingerprint density at radius 1 is 0.947 bits per heavy atom. The van der Waals surface area contributed by atoms with Crippen LogP contribution in [-0.4, -0.2) is 15.0 Å². The van der Waals surface area contributed by atoms with Gasteiger partial charge in [0, 0.05) is 12.1 Å². The van der Waals surface area contributed by atoms with Crippen LogP contribution in [0.2, 0.25) is 0 Å². The molecule has 1 N–H and O–H groups in total. The van der Waals surface area contributed by atoms with Gasteiger partial charge in [-0.2, -0.15) is 0 Å². The van der Waals surface area contributed by atoms with E-state index in [1.54, 1.807) is 12.1 Å². The second kappa shape index (κ2) is 5.99. The minimum atomic E-state index is -3.45. The zero-order valence-corrected chi connectivity index (χ0v) is 11.7. The molecule has 3 nitrogen and oxygen atoms in total. The Morgan fingerprint density at radius 2 is 1.58 bits per heavy atom. The Morgan fingerprint density at radius 3 is 2.26 bits per heavy atom. The fraction of sp³-hybridized carbons (Fsp3) is 0.200. The number of hydrogen-bond donors (Lipinski definition) is 1. The van der Waals surface area contributed by atoms with Gasteiger partial charge in [0.25, 0.3) is 0 Å². The third kappa shape index (κ3) is 3.22. The standard InChI is InChI=1S/C15H17NO2S/c1-2-12-16-19(17,18)15-11-7-6-10-14(15)13-8-4-3-5-9-13/h3-11,16H,2,12H2,1H3. The van der Waals surface area contributed by atoms with Crippen molar-refractivity contribution in [2.24, 2.45) is 0 Å². The van der Waals surface area contributed by atoms with Gasteiger partial charge in [-0.25, -0.2) is 13.1 Å². The summed E-state index contributed by atoms with van der Waals surface area (Å²) in [5.41, 5.74) is 1.63. The average Bonchev–Trinajstić information content (AvgIpc) is 2.46. The van der Waals surface area contributed by atoms with Gasteiger partial charge < -0.3 is 0 Å². The van der Waals surface area contributed by atoms with Crippen molar-refractivity contribution in [1.29, 1.82) is 0 Å². The Hall–Kier alpha value is -1.65. The van der Waals surface area contributed by atoms with Crippen LogP contribution in [0.1, 0.15) is 13.3 Å². The Bertz CT molecular complexity index is 636. The van der Waals surface area contributed by atoms with Crippen LogP contribution >= 0.6 is 0 Å². The summed E-state index contributed by atoms with van der Waals surface area (Å²) in [5.74, 6) is 0. The van der Waals surface area contributed by atoms with Crippen LogP contribution < -0.4 is 4.72 Å². The molecule has 0 bridgehead atoms. The predicted octanol–water partition coefficient (Wildman–Crippen LogP) is 3.04. The molecule has 100 valence electrons. The van der Waals surface area contributed by atoms with Gasteiger partial charge in [0.1, 0.15) is 0 Å². The van der Waals surface area contributed by atoms with Crippen molar-refractivity contribution in [2.45, 2.75) is 18.2 Å². The maximum absolute atomic E-state index is 12.3. The summed E-state index contributed by atoms with van der Waals surface area (Å²) in [5, 5.41) is 0. The normalized spacial score (nSPS) is 11.4. The topological polar surface area (TPSA) is 46.2 Å². The van der Waals surface area contributed by atoms with Gasteiger partial charge in [-0.1, -0.05) is 55.5 Å². The molecule has 0 heterocycles. The van der Waals surface area contributed by atoms with E-state index in [-0.39, 0.29) is 0 Å². The summed E-state index contributed by atoms with van der Waals surface area (Å²) in [7, 11) is -3.45. The highest BCUT2D eigenvalue weighted by atomic mass is 32.2. The number of rotatable bonds is 5. The van der Waals surface area contributed by atoms with Gasteiger partial charge in [0.05, 0.1) is 4.90 Å². The van der Waals surface area contributed by atoms with Crippen molar-refractivity contribution in [3.63, 3.8) is 0 Å². The molecule has 2 rings (SSSR count). The first kappa shape index (κ1) is 13.8. The summed E-state index contributed by atoms with van der Waals surface area (Å²) in [6, 6.07) is 16.6. The molecular weight excluding hydrogens is 258 g/mol. The fourth-order valence-electron chi connectivity index (χ4n) is 1.87.